The fraction of sp³-hybridized carbons (Fsp3) is 1.00. The first-order valence-electron chi connectivity index (χ1n) is 4.11. The van der Waals surface area contributed by atoms with E-state index in [4.69, 9.17) is 0 Å². The molecule has 1 rings (SSSR count). The van der Waals surface area contributed by atoms with Crippen molar-refractivity contribution in [2.45, 2.75) is 25.5 Å². The molecule has 1 aliphatic heterocycles. The van der Waals surface area contributed by atoms with Crippen molar-refractivity contribution in [3.63, 3.8) is 0 Å². The van der Waals surface area contributed by atoms with Crippen molar-refractivity contribution in [1.29, 1.82) is 0 Å². The summed E-state index contributed by atoms with van der Waals surface area (Å²) in [6.07, 6.45) is 1.39. The number of thioether (sulfide) groups is 1. The molecule has 0 aromatic heterocycles. The third kappa shape index (κ3) is 2.93. The van der Waals surface area contributed by atoms with Crippen LogP contribution in [-0.4, -0.2) is 24.1 Å². The maximum atomic E-state index is 3.38. The van der Waals surface area contributed by atoms with Crippen molar-refractivity contribution in [3.05, 3.63) is 0 Å². The van der Waals surface area contributed by atoms with Crippen molar-refractivity contribution in [2.75, 3.05) is 18.8 Å². The number of rotatable bonds is 3. The van der Waals surface area contributed by atoms with Crippen molar-refractivity contribution >= 4 is 11.8 Å². The summed E-state index contributed by atoms with van der Waals surface area (Å²) in [5.41, 5.74) is 0. The van der Waals surface area contributed by atoms with Crippen LogP contribution in [0, 0.1) is 5.92 Å². The van der Waals surface area contributed by atoms with E-state index in [1.165, 1.54) is 25.3 Å². The molecule has 1 heterocycles. The van der Waals surface area contributed by atoms with E-state index in [1.54, 1.807) is 0 Å². The average molecular weight is 159 g/mol. The monoisotopic (exact) mass is 159 g/mol. The first kappa shape index (κ1) is 8.41. The molecule has 1 N–H and O–H groups in total. The van der Waals surface area contributed by atoms with Gasteiger partial charge in [-0.3, -0.25) is 0 Å². The van der Waals surface area contributed by atoms with Gasteiger partial charge in [0, 0.05) is 0 Å². The Morgan fingerprint density at radius 1 is 1.60 bits per heavy atom. The predicted octanol–water partition coefficient (Wildman–Crippen LogP) is 1.74. The van der Waals surface area contributed by atoms with Gasteiger partial charge in [-0.1, -0.05) is 13.8 Å². The van der Waals surface area contributed by atoms with Gasteiger partial charge in [0.05, 0.1) is 0 Å². The zero-order valence-corrected chi connectivity index (χ0v) is 7.71. The number of nitrogens with one attached hydrogen (secondary N) is 1. The van der Waals surface area contributed by atoms with Crippen LogP contribution in [0.5, 0.6) is 0 Å². The Morgan fingerprint density at radius 2 is 2.40 bits per heavy atom. The van der Waals surface area contributed by atoms with Crippen molar-refractivity contribution in [1.82, 2.24) is 5.32 Å². The Kier molecular flexibility index (Phi) is 3.57. The van der Waals surface area contributed by atoms with Crippen LogP contribution in [0.4, 0.5) is 0 Å². The lowest BCUT2D eigenvalue weighted by Gasteiger charge is -2.09. The van der Waals surface area contributed by atoms with Crippen LogP contribution in [0.3, 0.4) is 0 Å². The van der Waals surface area contributed by atoms with Crippen LogP contribution < -0.4 is 5.32 Å². The van der Waals surface area contributed by atoms with Gasteiger partial charge in [0.2, 0.25) is 0 Å². The minimum absolute atomic E-state index is 0.806. The van der Waals surface area contributed by atoms with Crippen LogP contribution in [-0.2, 0) is 0 Å². The first-order chi connectivity index (χ1) is 4.79. The third-order valence-corrected chi connectivity index (χ3v) is 3.16. The van der Waals surface area contributed by atoms with Gasteiger partial charge in [0.25, 0.3) is 0 Å². The van der Waals surface area contributed by atoms with E-state index in [0.29, 0.717) is 0 Å². The Balaban J connectivity index is 2.01. The predicted molar refractivity (Wildman–Crippen MR) is 48.6 cm³/mol. The van der Waals surface area contributed by atoms with Gasteiger partial charge < -0.3 is 5.32 Å². The smallest absolute Gasteiger partial charge is 0.000957 e. The molecule has 2 heteroatoms. The molecule has 1 atom stereocenters. The van der Waals surface area contributed by atoms with E-state index in [-0.39, 0.29) is 0 Å². The largest absolute Gasteiger partial charge is 0.316 e. The lowest BCUT2D eigenvalue weighted by molar-refractivity contribution is 0.661. The number of hydrogen-bond acceptors (Lipinski definition) is 2. The molecule has 0 bridgehead atoms. The summed E-state index contributed by atoms with van der Waals surface area (Å²) in [5.74, 6) is 2.30. The highest BCUT2D eigenvalue weighted by molar-refractivity contribution is 7.99. The summed E-state index contributed by atoms with van der Waals surface area (Å²) in [5, 5.41) is 4.19. The van der Waals surface area contributed by atoms with Crippen molar-refractivity contribution in [2.24, 2.45) is 5.92 Å². The van der Waals surface area contributed by atoms with Crippen molar-refractivity contribution < 1.29 is 0 Å². The second-order valence-electron chi connectivity index (χ2n) is 3.24. The van der Waals surface area contributed by atoms with Crippen LogP contribution in [0.1, 0.15) is 20.3 Å². The summed E-state index contributed by atoms with van der Waals surface area (Å²) in [6.45, 7) is 7.03. The van der Waals surface area contributed by atoms with E-state index in [1.807, 2.05) is 0 Å². The van der Waals surface area contributed by atoms with Gasteiger partial charge in [-0.15, -0.1) is 0 Å². The van der Waals surface area contributed by atoms with E-state index < -0.39 is 0 Å². The molecule has 1 saturated heterocycles. The standard InChI is InChI=1S/C8H17NS/c1-7(2)10-6-8-3-4-9-5-8/h7-9H,3-6H2,1-2H3. The SMILES string of the molecule is CC(C)SCC1CCNC1. The fourth-order valence-electron chi connectivity index (χ4n) is 1.19. The summed E-state index contributed by atoms with van der Waals surface area (Å²) in [4.78, 5) is 0. The molecule has 1 nitrogen and oxygen atoms in total. The van der Waals surface area contributed by atoms with E-state index >= 15 is 0 Å². The first-order valence-corrected chi connectivity index (χ1v) is 5.16. The lowest BCUT2D eigenvalue weighted by atomic mass is 10.2. The molecule has 0 aliphatic carbocycles. The molecule has 0 amide bonds. The molecular formula is C8H17NS. The highest BCUT2D eigenvalue weighted by Gasteiger charge is 2.14. The Morgan fingerprint density at radius 3 is 2.90 bits per heavy atom. The molecule has 0 radical (unpaired) electrons. The minimum atomic E-state index is 0.806. The van der Waals surface area contributed by atoms with E-state index in [9.17, 15) is 0 Å². The second-order valence-corrected chi connectivity index (χ2v) is 4.85. The summed E-state index contributed by atoms with van der Waals surface area (Å²) in [6, 6.07) is 0. The zero-order valence-electron chi connectivity index (χ0n) is 6.89. The van der Waals surface area contributed by atoms with Crippen LogP contribution in [0.2, 0.25) is 0 Å². The molecule has 1 fully saturated rings. The van der Waals surface area contributed by atoms with Gasteiger partial charge in [0.15, 0.2) is 0 Å². The maximum absolute atomic E-state index is 3.38. The summed E-state index contributed by atoms with van der Waals surface area (Å²) in [7, 11) is 0. The fourth-order valence-corrected chi connectivity index (χ4v) is 2.13. The molecule has 0 aromatic carbocycles. The molecule has 10 heavy (non-hydrogen) atoms. The lowest BCUT2D eigenvalue weighted by Crippen LogP contribution is -2.11. The van der Waals surface area contributed by atoms with E-state index in [2.05, 4.69) is 30.9 Å². The second kappa shape index (κ2) is 4.24. The Labute approximate surface area is 68.0 Å². The quantitative estimate of drug-likeness (QED) is 0.673. The van der Waals surface area contributed by atoms with Gasteiger partial charge in [-0.05, 0) is 36.4 Å². The average Bonchev–Trinajstić information content (AvgIpc) is 2.34. The maximum Gasteiger partial charge on any atom is -0.000957 e. The normalized spacial score (nSPS) is 26.1. The van der Waals surface area contributed by atoms with Gasteiger partial charge in [0.1, 0.15) is 0 Å². The minimum Gasteiger partial charge on any atom is -0.316 e. The summed E-state index contributed by atoms with van der Waals surface area (Å²) < 4.78 is 0. The van der Waals surface area contributed by atoms with Gasteiger partial charge in [-0.25, -0.2) is 0 Å². The van der Waals surface area contributed by atoms with Crippen molar-refractivity contribution in [3.8, 4) is 0 Å². The Bertz CT molecular complexity index is 87.3. The van der Waals surface area contributed by atoms with Gasteiger partial charge >= 0.3 is 0 Å². The van der Waals surface area contributed by atoms with Gasteiger partial charge in [-0.2, -0.15) is 11.8 Å². The van der Waals surface area contributed by atoms with E-state index in [0.717, 1.165) is 11.2 Å². The summed E-state index contributed by atoms with van der Waals surface area (Å²) >= 11 is 2.09. The Hall–Kier alpha value is 0.310. The number of hydrogen-bond donors (Lipinski definition) is 1. The molecular weight excluding hydrogens is 142 g/mol. The topological polar surface area (TPSA) is 12.0 Å². The zero-order chi connectivity index (χ0) is 7.40. The van der Waals surface area contributed by atoms with Crippen LogP contribution in [0.15, 0.2) is 0 Å². The molecule has 1 aliphatic rings. The molecule has 1 unspecified atom stereocenters. The highest BCUT2D eigenvalue weighted by Crippen LogP contribution is 2.18. The molecule has 0 saturated carbocycles. The molecule has 60 valence electrons. The van der Waals surface area contributed by atoms with Crippen LogP contribution in [0.25, 0.3) is 0 Å². The molecule has 0 spiro atoms. The highest BCUT2D eigenvalue weighted by atomic mass is 32.2. The third-order valence-electron chi connectivity index (χ3n) is 1.83. The van der Waals surface area contributed by atoms with Crippen LogP contribution >= 0.6 is 11.8 Å². The molecule has 0 aromatic rings.